The molecular weight excluding hydrogens is 405 g/mol. The third-order valence-corrected chi connectivity index (χ3v) is 4.27. The van der Waals surface area contributed by atoms with Gasteiger partial charge in [0.15, 0.2) is 6.04 Å². The Hall–Kier alpha value is -3.05. The van der Waals surface area contributed by atoms with E-state index in [0.29, 0.717) is 10.6 Å². The number of benzene rings is 1. The second-order valence-electron chi connectivity index (χ2n) is 6.91. The molecule has 1 aromatic carbocycles. The van der Waals surface area contributed by atoms with Gasteiger partial charge < -0.3 is 20.3 Å². The van der Waals surface area contributed by atoms with Crippen LogP contribution in [0.1, 0.15) is 31.3 Å². The van der Waals surface area contributed by atoms with E-state index in [1.807, 2.05) is 0 Å². The number of hydrogen-bond donors (Lipinski definition) is 4. The first-order valence-electron chi connectivity index (χ1n) is 8.40. The molecule has 2 aromatic rings. The van der Waals surface area contributed by atoms with Crippen LogP contribution in [0.25, 0.3) is 10.6 Å². The number of aromatic nitrogens is 1. The number of carbonyl (C=O) groups is 3. The molecule has 2 rings (SSSR count). The number of ether oxygens (including phenoxy) is 1. The Bertz CT molecular complexity index is 925. The van der Waals surface area contributed by atoms with Gasteiger partial charge in [-0.1, -0.05) is 0 Å². The summed E-state index contributed by atoms with van der Waals surface area (Å²) in [6.07, 6.45) is -0.797. The third-order valence-electron chi connectivity index (χ3n) is 3.37. The Balaban J connectivity index is 2.12. The van der Waals surface area contributed by atoms with Crippen LogP contribution in [0.2, 0.25) is 0 Å². The van der Waals surface area contributed by atoms with E-state index in [1.54, 1.807) is 20.8 Å². The number of aliphatic hydroxyl groups excluding tert-OH is 1. The van der Waals surface area contributed by atoms with Crippen molar-refractivity contribution in [3.8, 4) is 10.6 Å². The molecular formula is C18H20FN3O6S. The Labute approximate surface area is 169 Å². The van der Waals surface area contributed by atoms with Crippen LogP contribution in [0.15, 0.2) is 23.6 Å². The predicted octanol–water partition coefficient (Wildman–Crippen LogP) is 2.47. The summed E-state index contributed by atoms with van der Waals surface area (Å²) < 4.78 is 19.4. The number of nitrogens with zero attached hydrogens (tertiary/aromatic N) is 1. The number of hydrogen-bond acceptors (Lipinski definition) is 7. The second-order valence-corrected chi connectivity index (χ2v) is 7.76. The minimum Gasteiger partial charge on any atom is -0.480 e. The topological polar surface area (TPSA) is 138 Å². The maximum absolute atomic E-state index is 14.3. The summed E-state index contributed by atoms with van der Waals surface area (Å²) >= 11 is 1.05. The maximum atomic E-state index is 14.3. The maximum Gasteiger partial charge on any atom is 0.412 e. The molecule has 0 radical (unpaired) electrons. The molecule has 29 heavy (non-hydrogen) atoms. The number of nitrogens with one attached hydrogen (secondary N) is 2. The van der Waals surface area contributed by atoms with Gasteiger partial charge in [0.2, 0.25) is 0 Å². The molecule has 1 aromatic heterocycles. The van der Waals surface area contributed by atoms with E-state index in [2.05, 4.69) is 15.6 Å². The highest BCUT2D eigenvalue weighted by Gasteiger charge is 2.22. The van der Waals surface area contributed by atoms with E-state index in [-0.39, 0.29) is 11.4 Å². The highest BCUT2D eigenvalue weighted by molar-refractivity contribution is 7.13. The van der Waals surface area contributed by atoms with Crippen LogP contribution in [-0.2, 0) is 9.53 Å². The molecule has 0 bridgehead atoms. The molecule has 1 atom stereocenters. The lowest BCUT2D eigenvalue weighted by molar-refractivity contribution is -0.140. The van der Waals surface area contributed by atoms with E-state index in [9.17, 15) is 18.8 Å². The van der Waals surface area contributed by atoms with Gasteiger partial charge in [-0.25, -0.2) is 19.0 Å². The van der Waals surface area contributed by atoms with Crippen LogP contribution in [0.4, 0.5) is 14.9 Å². The third kappa shape index (κ3) is 6.22. The number of carboxylic acids is 1. The van der Waals surface area contributed by atoms with E-state index in [4.69, 9.17) is 14.9 Å². The number of thiazole rings is 1. The molecule has 0 aliphatic carbocycles. The van der Waals surface area contributed by atoms with Gasteiger partial charge in [-0.05, 0) is 39.0 Å². The summed E-state index contributed by atoms with van der Waals surface area (Å²) in [5, 5.41) is 24.0. The van der Waals surface area contributed by atoms with Crippen LogP contribution in [0, 0.1) is 5.82 Å². The van der Waals surface area contributed by atoms with E-state index < -0.39 is 42.0 Å². The van der Waals surface area contributed by atoms with Gasteiger partial charge in [0.25, 0.3) is 5.91 Å². The summed E-state index contributed by atoms with van der Waals surface area (Å²) in [6.45, 7) is 4.28. The normalized spacial score (nSPS) is 12.2. The number of rotatable bonds is 6. The zero-order valence-electron chi connectivity index (χ0n) is 15.9. The van der Waals surface area contributed by atoms with E-state index >= 15 is 0 Å². The summed E-state index contributed by atoms with van der Waals surface area (Å²) in [5.74, 6) is -2.88. The summed E-state index contributed by atoms with van der Waals surface area (Å²) in [4.78, 5) is 38.7. The molecule has 9 nitrogen and oxygen atoms in total. The Morgan fingerprint density at radius 3 is 2.55 bits per heavy atom. The quantitative estimate of drug-likeness (QED) is 0.558. The minimum absolute atomic E-state index is 0.0685. The highest BCUT2D eigenvalue weighted by Crippen LogP contribution is 2.27. The van der Waals surface area contributed by atoms with Gasteiger partial charge in [-0.15, -0.1) is 11.3 Å². The lowest BCUT2D eigenvalue weighted by Crippen LogP contribution is -2.43. The fraction of sp³-hybridized carbons (Fsp3) is 0.333. The van der Waals surface area contributed by atoms with Crippen molar-refractivity contribution in [2.45, 2.75) is 32.4 Å². The Morgan fingerprint density at radius 2 is 2.00 bits per heavy atom. The van der Waals surface area contributed by atoms with E-state index in [0.717, 1.165) is 17.4 Å². The highest BCUT2D eigenvalue weighted by atomic mass is 32.1. The number of anilines is 1. The second kappa shape index (κ2) is 8.97. The molecule has 156 valence electrons. The van der Waals surface area contributed by atoms with Crippen LogP contribution in [0.3, 0.4) is 0 Å². The van der Waals surface area contributed by atoms with Crippen LogP contribution in [0.5, 0.6) is 0 Å². The smallest absolute Gasteiger partial charge is 0.412 e. The lowest BCUT2D eigenvalue weighted by atomic mass is 10.2. The molecule has 1 heterocycles. The molecule has 0 fully saturated rings. The van der Waals surface area contributed by atoms with Gasteiger partial charge in [0.05, 0.1) is 12.3 Å². The lowest BCUT2D eigenvalue weighted by Gasteiger charge is -2.19. The first-order valence-corrected chi connectivity index (χ1v) is 9.28. The zero-order valence-corrected chi connectivity index (χ0v) is 16.7. The molecule has 0 saturated carbocycles. The standard InChI is InChI=1S/C18H20FN3O6S/c1-18(2,3)28-17(27)22-11-5-4-9(6-10(11)19)15-21-13(8-29-15)14(24)20-12(7-23)16(25)26/h4-6,8,12,23H,7H2,1-3H3,(H,20,24)(H,22,27)(H,25,26). The number of carboxylic acid groups (broad SMARTS) is 1. The molecule has 0 aliphatic rings. The largest absolute Gasteiger partial charge is 0.480 e. The summed E-state index contributed by atoms with van der Waals surface area (Å²) in [7, 11) is 0. The monoisotopic (exact) mass is 425 g/mol. The van der Waals surface area contributed by atoms with Gasteiger partial charge in [-0.3, -0.25) is 10.1 Å². The van der Waals surface area contributed by atoms with Crippen molar-refractivity contribution in [1.29, 1.82) is 0 Å². The molecule has 4 N–H and O–H groups in total. The molecule has 0 spiro atoms. The van der Waals surface area contributed by atoms with Crippen molar-refractivity contribution < 1.29 is 33.7 Å². The van der Waals surface area contributed by atoms with Gasteiger partial charge in [0.1, 0.15) is 22.1 Å². The van der Waals surface area contributed by atoms with Gasteiger partial charge in [-0.2, -0.15) is 0 Å². The number of halogens is 1. The zero-order chi connectivity index (χ0) is 21.8. The number of aliphatic hydroxyl groups is 1. The van der Waals surface area contributed by atoms with Crippen LogP contribution < -0.4 is 10.6 Å². The minimum atomic E-state index is -1.46. The van der Waals surface area contributed by atoms with Crippen molar-refractivity contribution in [2.75, 3.05) is 11.9 Å². The molecule has 0 saturated heterocycles. The number of amides is 2. The SMILES string of the molecule is CC(C)(C)OC(=O)Nc1ccc(-c2nc(C(=O)NC(CO)C(=O)O)cs2)cc1F. The van der Waals surface area contributed by atoms with Crippen LogP contribution in [-0.4, -0.2) is 51.4 Å². The van der Waals surface area contributed by atoms with Gasteiger partial charge in [0, 0.05) is 10.9 Å². The van der Waals surface area contributed by atoms with Crippen molar-refractivity contribution in [1.82, 2.24) is 10.3 Å². The summed E-state index contributed by atoms with van der Waals surface area (Å²) in [5.41, 5.74) is -0.516. The molecule has 11 heteroatoms. The first kappa shape index (κ1) is 22.2. The average Bonchev–Trinajstić information content (AvgIpc) is 3.09. The molecule has 0 aliphatic heterocycles. The van der Waals surface area contributed by atoms with Gasteiger partial charge >= 0.3 is 12.1 Å². The fourth-order valence-electron chi connectivity index (χ4n) is 2.09. The molecule has 1 unspecified atom stereocenters. The number of aliphatic carboxylic acids is 1. The average molecular weight is 425 g/mol. The van der Waals surface area contributed by atoms with Crippen molar-refractivity contribution in [3.63, 3.8) is 0 Å². The van der Waals surface area contributed by atoms with E-state index in [1.165, 1.54) is 17.5 Å². The predicted molar refractivity (Wildman–Crippen MR) is 103 cm³/mol. The van der Waals surface area contributed by atoms with Crippen LogP contribution >= 0.6 is 11.3 Å². The molecule has 2 amide bonds. The number of carbonyl (C=O) groups excluding carboxylic acids is 2. The van der Waals surface area contributed by atoms with Crippen molar-refractivity contribution in [3.05, 3.63) is 35.1 Å². The Kier molecular flexibility index (Phi) is 6.88. The summed E-state index contributed by atoms with van der Waals surface area (Å²) in [6, 6.07) is 2.52. The van der Waals surface area contributed by atoms with Crippen molar-refractivity contribution >= 4 is 35.0 Å². The van der Waals surface area contributed by atoms with Crippen molar-refractivity contribution in [2.24, 2.45) is 0 Å². The first-order chi connectivity index (χ1) is 13.5. The Morgan fingerprint density at radius 1 is 1.31 bits per heavy atom. The fourth-order valence-corrected chi connectivity index (χ4v) is 2.89.